The number of halogens is 4. The van der Waals surface area contributed by atoms with E-state index in [-0.39, 0.29) is 5.56 Å². The molecule has 0 aliphatic carbocycles. The van der Waals surface area contributed by atoms with Crippen LogP contribution in [-0.4, -0.2) is 13.1 Å². The smallest absolute Gasteiger partial charge is 0.417 e. The summed E-state index contributed by atoms with van der Waals surface area (Å²) >= 11 is 5.58. The van der Waals surface area contributed by atoms with Crippen LogP contribution in [0, 0.1) is 0 Å². The summed E-state index contributed by atoms with van der Waals surface area (Å²) in [6.45, 7) is 0. The van der Waals surface area contributed by atoms with Crippen LogP contribution in [0.4, 0.5) is 13.2 Å². The summed E-state index contributed by atoms with van der Waals surface area (Å²) < 4.78 is 41.9. The second-order valence-corrected chi connectivity index (χ2v) is 3.59. The number of esters is 1. The minimum Gasteiger partial charge on any atom is -0.468 e. The van der Waals surface area contributed by atoms with Gasteiger partial charge in [-0.1, -0.05) is 23.7 Å². The molecule has 0 aromatic heterocycles. The van der Waals surface area contributed by atoms with Crippen molar-refractivity contribution in [3.05, 3.63) is 34.3 Å². The largest absolute Gasteiger partial charge is 0.468 e. The fourth-order valence-electron chi connectivity index (χ4n) is 1.26. The quantitative estimate of drug-likeness (QED) is 0.838. The highest BCUT2D eigenvalue weighted by Crippen LogP contribution is 2.37. The fraction of sp³-hybridized carbons (Fsp3) is 0.300. The van der Waals surface area contributed by atoms with E-state index < -0.39 is 28.8 Å². The molecule has 1 aromatic rings. The molecule has 1 atom stereocenters. The normalized spacial score (nSPS) is 13.3. The molecule has 0 amide bonds. The summed E-state index contributed by atoms with van der Waals surface area (Å²) in [5.74, 6) is -0.855. The molecule has 2 N–H and O–H groups in total. The molecule has 0 bridgehead atoms. The van der Waals surface area contributed by atoms with E-state index in [0.29, 0.717) is 0 Å². The van der Waals surface area contributed by atoms with Gasteiger partial charge in [0.05, 0.1) is 17.7 Å². The molecule has 0 heterocycles. The molecule has 0 saturated heterocycles. The minimum atomic E-state index is -4.59. The Kier molecular flexibility index (Phi) is 4.00. The Bertz CT molecular complexity index is 434. The van der Waals surface area contributed by atoms with E-state index >= 15 is 0 Å². The monoisotopic (exact) mass is 267 g/mol. The number of benzene rings is 1. The topological polar surface area (TPSA) is 52.3 Å². The van der Waals surface area contributed by atoms with Crippen LogP contribution in [0.25, 0.3) is 0 Å². The minimum absolute atomic E-state index is 0.117. The van der Waals surface area contributed by atoms with Gasteiger partial charge in [0.2, 0.25) is 0 Å². The van der Waals surface area contributed by atoms with Crippen LogP contribution in [0.5, 0.6) is 0 Å². The molecular formula is C10H9ClF3NO2. The van der Waals surface area contributed by atoms with Gasteiger partial charge in [0, 0.05) is 0 Å². The second-order valence-electron chi connectivity index (χ2n) is 3.21. The van der Waals surface area contributed by atoms with Gasteiger partial charge in [-0.3, -0.25) is 4.79 Å². The van der Waals surface area contributed by atoms with E-state index in [2.05, 4.69) is 4.74 Å². The van der Waals surface area contributed by atoms with Gasteiger partial charge < -0.3 is 10.5 Å². The second kappa shape index (κ2) is 4.93. The Morgan fingerprint density at radius 2 is 2.06 bits per heavy atom. The summed E-state index contributed by atoms with van der Waals surface area (Å²) in [6, 6.07) is 1.86. The molecule has 0 radical (unpaired) electrons. The molecule has 0 aliphatic heterocycles. The van der Waals surface area contributed by atoms with Crippen LogP contribution < -0.4 is 5.73 Å². The van der Waals surface area contributed by atoms with Crippen molar-refractivity contribution in [2.45, 2.75) is 12.2 Å². The molecule has 1 unspecified atom stereocenters. The Labute approximate surface area is 100 Å². The summed E-state index contributed by atoms with van der Waals surface area (Å²) in [4.78, 5) is 11.1. The lowest BCUT2D eigenvalue weighted by Gasteiger charge is -2.15. The van der Waals surface area contributed by atoms with Crippen molar-refractivity contribution in [1.29, 1.82) is 0 Å². The lowest BCUT2D eigenvalue weighted by atomic mass is 10.0. The van der Waals surface area contributed by atoms with Crippen molar-refractivity contribution >= 4 is 17.6 Å². The number of methoxy groups -OCH3 is 1. The number of ether oxygens (including phenoxy) is 1. The number of hydrogen-bond acceptors (Lipinski definition) is 3. The average Bonchev–Trinajstić information content (AvgIpc) is 2.25. The van der Waals surface area contributed by atoms with Gasteiger partial charge >= 0.3 is 12.1 Å². The van der Waals surface area contributed by atoms with Gasteiger partial charge in [0.25, 0.3) is 0 Å². The van der Waals surface area contributed by atoms with Crippen molar-refractivity contribution in [2.24, 2.45) is 5.73 Å². The zero-order valence-electron chi connectivity index (χ0n) is 8.72. The third kappa shape index (κ3) is 2.89. The number of carbonyl (C=O) groups excluding carboxylic acids is 1. The molecular weight excluding hydrogens is 259 g/mol. The first-order valence-electron chi connectivity index (χ1n) is 4.48. The Morgan fingerprint density at radius 1 is 1.47 bits per heavy atom. The first-order valence-corrected chi connectivity index (χ1v) is 4.86. The van der Waals surface area contributed by atoms with E-state index in [1.165, 1.54) is 6.07 Å². The van der Waals surface area contributed by atoms with Gasteiger partial charge in [-0.05, 0) is 11.6 Å². The SMILES string of the molecule is COC(=O)C(N)c1cccc(C(F)(F)F)c1Cl. The van der Waals surface area contributed by atoms with Crippen molar-refractivity contribution in [1.82, 2.24) is 0 Å². The molecule has 0 aliphatic rings. The van der Waals surface area contributed by atoms with Crippen molar-refractivity contribution in [3.8, 4) is 0 Å². The molecule has 3 nitrogen and oxygen atoms in total. The van der Waals surface area contributed by atoms with Crippen LogP contribution in [-0.2, 0) is 15.7 Å². The van der Waals surface area contributed by atoms with Crippen LogP contribution in [0.2, 0.25) is 5.02 Å². The predicted octanol–water partition coefficient (Wildman–Crippen LogP) is 2.53. The molecule has 7 heteroatoms. The zero-order valence-corrected chi connectivity index (χ0v) is 9.47. The third-order valence-electron chi connectivity index (χ3n) is 2.12. The predicted molar refractivity (Wildman–Crippen MR) is 55.4 cm³/mol. The van der Waals surface area contributed by atoms with Gasteiger partial charge in [-0.2, -0.15) is 13.2 Å². The number of nitrogens with two attached hydrogens (primary N) is 1. The van der Waals surface area contributed by atoms with Gasteiger partial charge in [-0.25, -0.2) is 0 Å². The highest BCUT2D eigenvalue weighted by Gasteiger charge is 2.35. The van der Waals surface area contributed by atoms with Crippen molar-refractivity contribution in [3.63, 3.8) is 0 Å². The van der Waals surface area contributed by atoms with E-state index in [9.17, 15) is 18.0 Å². The maximum atomic E-state index is 12.5. The Balaban J connectivity index is 3.24. The average molecular weight is 268 g/mol. The highest BCUT2D eigenvalue weighted by atomic mass is 35.5. The van der Waals surface area contributed by atoms with Crippen LogP contribution in [0.15, 0.2) is 18.2 Å². The Hall–Kier alpha value is -1.27. The first-order chi connectivity index (χ1) is 7.79. The van der Waals surface area contributed by atoms with E-state index in [4.69, 9.17) is 17.3 Å². The molecule has 17 heavy (non-hydrogen) atoms. The van der Waals surface area contributed by atoms with Gasteiger partial charge in [0.1, 0.15) is 6.04 Å². The molecule has 1 aromatic carbocycles. The number of rotatable bonds is 2. The maximum absolute atomic E-state index is 12.5. The standard InChI is InChI=1S/C10H9ClF3NO2/c1-17-9(16)8(15)5-3-2-4-6(7(5)11)10(12,13)14/h2-4,8H,15H2,1H3. The maximum Gasteiger partial charge on any atom is 0.417 e. The summed E-state index contributed by atoms with van der Waals surface area (Å²) in [6.07, 6.45) is -4.59. The first kappa shape index (κ1) is 13.8. The zero-order chi connectivity index (χ0) is 13.2. The molecule has 0 fully saturated rings. The van der Waals surface area contributed by atoms with E-state index in [1.807, 2.05) is 0 Å². The van der Waals surface area contributed by atoms with Crippen LogP contribution in [0.3, 0.4) is 0 Å². The molecule has 94 valence electrons. The summed E-state index contributed by atoms with van der Waals surface area (Å²) in [5, 5.41) is -0.585. The van der Waals surface area contributed by atoms with Crippen molar-refractivity contribution < 1.29 is 22.7 Å². The number of hydrogen-bond donors (Lipinski definition) is 1. The number of alkyl halides is 3. The Morgan fingerprint density at radius 3 is 2.53 bits per heavy atom. The van der Waals surface area contributed by atoms with Crippen LogP contribution >= 0.6 is 11.6 Å². The molecule has 0 spiro atoms. The fourth-order valence-corrected chi connectivity index (χ4v) is 1.61. The van der Waals surface area contributed by atoms with Crippen LogP contribution in [0.1, 0.15) is 17.2 Å². The highest BCUT2D eigenvalue weighted by molar-refractivity contribution is 6.32. The summed E-state index contributed by atoms with van der Waals surface area (Å²) in [7, 11) is 1.09. The molecule has 0 saturated carbocycles. The lowest BCUT2D eigenvalue weighted by Crippen LogP contribution is -2.23. The summed E-state index contributed by atoms with van der Waals surface area (Å²) in [5.41, 5.74) is 4.29. The van der Waals surface area contributed by atoms with Gasteiger partial charge in [0.15, 0.2) is 0 Å². The van der Waals surface area contributed by atoms with Crippen molar-refractivity contribution in [2.75, 3.05) is 7.11 Å². The van der Waals surface area contributed by atoms with Gasteiger partial charge in [-0.15, -0.1) is 0 Å². The van der Waals surface area contributed by atoms with E-state index in [0.717, 1.165) is 19.2 Å². The third-order valence-corrected chi connectivity index (χ3v) is 2.55. The van der Waals surface area contributed by atoms with E-state index in [1.54, 1.807) is 0 Å². The number of carbonyl (C=O) groups is 1. The lowest BCUT2D eigenvalue weighted by molar-refractivity contribution is -0.142. The molecule has 1 rings (SSSR count).